The van der Waals surface area contributed by atoms with Crippen LogP contribution in [0.1, 0.15) is 185 Å². The fraction of sp³-hybridized carbons (Fsp3) is 0.667. The Labute approximate surface area is 521 Å². The van der Waals surface area contributed by atoms with Gasteiger partial charge in [0, 0.05) is 42.6 Å². The number of benzene rings is 1. The van der Waals surface area contributed by atoms with Crippen molar-refractivity contribution in [2.45, 2.75) is 182 Å². The molecule has 0 aliphatic rings. The van der Waals surface area contributed by atoms with Crippen LogP contribution in [0.5, 0.6) is 0 Å². The van der Waals surface area contributed by atoms with Gasteiger partial charge in [-0.05, 0) is 81.7 Å². The number of hydrogen-bond acceptors (Lipinski definition) is 16. The number of unbranched alkanes of at least 4 members (excludes halogenated alkanes) is 18. The first-order valence-corrected chi connectivity index (χ1v) is 29.2. The van der Waals surface area contributed by atoms with Crippen LogP contribution in [0.3, 0.4) is 0 Å². The summed E-state index contributed by atoms with van der Waals surface area (Å²) < 4.78 is 27.9. The monoisotopic (exact) mass is 1130 g/mol. The molecule has 0 amide bonds. The molecule has 19 heteroatoms. The summed E-state index contributed by atoms with van der Waals surface area (Å²) in [6, 6.07) is 7.76. The van der Waals surface area contributed by atoms with Crippen LogP contribution in [0.25, 0.3) is 4.85 Å². The average Bonchev–Trinajstić information content (AvgIpc) is 3.73. The number of carbonyl (C=O) groups excluding carboxylic acids is 4. The zero-order chi connectivity index (χ0) is 56.1. The maximum Gasteiger partial charge on any atom is 1.00 e. The number of nitrogens with zero attached hydrogens (tertiary/aromatic N) is 5. The molecule has 2 rings (SSSR count). The fourth-order valence-electron chi connectivity index (χ4n) is 8.36. The maximum absolute atomic E-state index is 12.6. The van der Waals surface area contributed by atoms with Gasteiger partial charge in [-0.3, -0.25) is 9.59 Å². The van der Waals surface area contributed by atoms with E-state index in [1.165, 1.54) is 89.9 Å². The van der Waals surface area contributed by atoms with Crippen molar-refractivity contribution in [3.05, 3.63) is 70.6 Å². The molecule has 2 aromatic rings. The quantitative estimate of drug-likeness (QED) is 0.0175. The number of esters is 2. The summed E-state index contributed by atoms with van der Waals surface area (Å²) in [6.45, 7) is 17.6. The molecular formula is C60H89N5Na2O11S. The molecule has 16 nitrogen and oxygen atoms in total. The molecule has 0 saturated carbocycles. The summed E-state index contributed by atoms with van der Waals surface area (Å²) in [5, 5.41) is 42.6. The van der Waals surface area contributed by atoms with Gasteiger partial charge < -0.3 is 48.4 Å². The van der Waals surface area contributed by atoms with Gasteiger partial charge in [0.1, 0.15) is 24.3 Å². The van der Waals surface area contributed by atoms with Crippen LogP contribution in [0.2, 0.25) is 0 Å². The van der Waals surface area contributed by atoms with Crippen molar-refractivity contribution < 1.29 is 112 Å². The minimum Gasteiger partial charge on any atom is -0.550 e. The largest absolute Gasteiger partial charge is 1.00 e. The van der Waals surface area contributed by atoms with Crippen LogP contribution in [-0.4, -0.2) is 89.8 Å². The molecule has 1 aromatic heterocycles. The Morgan fingerprint density at radius 3 is 1.49 bits per heavy atom. The van der Waals surface area contributed by atoms with Gasteiger partial charge in [0.05, 0.1) is 70.3 Å². The molecule has 0 bridgehead atoms. The number of thiophene rings is 1. The van der Waals surface area contributed by atoms with Gasteiger partial charge in [0.25, 0.3) is 0 Å². The fourth-order valence-corrected chi connectivity index (χ4v) is 9.23. The summed E-state index contributed by atoms with van der Waals surface area (Å²) in [5.41, 5.74) is 3.16. The number of aliphatic carboxylic acids is 2. The first kappa shape index (κ1) is 75.5. The predicted octanol–water partition coefficient (Wildman–Crippen LogP) is 6.40. The van der Waals surface area contributed by atoms with E-state index in [0.29, 0.717) is 46.5 Å². The first-order valence-electron chi connectivity index (χ1n) is 28.4. The minimum absolute atomic E-state index is 0. The van der Waals surface area contributed by atoms with Gasteiger partial charge in [0.15, 0.2) is 0 Å². The van der Waals surface area contributed by atoms with Crippen LogP contribution in [0, 0.1) is 43.6 Å². The smallest absolute Gasteiger partial charge is 0.550 e. The number of nitriles is 1. The van der Waals surface area contributed by atoms with Crippen LogP contribution in [0.4, 0.5) is 21.4 Å². The predicted molar refractivity (Wildman–Crippen MR) is 299 cm³/mol. The number of allylic oxidation sites excluding steroid dienone is 4. The molecule has 428 valence electrons. The van der Waals surface area contributed by atoms with E-state index < -0.39 is 35.7 Å². The molecule has 2 unspecified atom stereocenters. The van der Waals surface area contributed by atoms with E-state index in [4.69, 9.17) is 30.3 Å². The number of carbonyl (C=O) groups is 4. The van der Waals surface area contributed by atoms with E-state index in [-0.39, 0.29) is 131 Å². The van der Waals surface area contributed by atoms with Crippen LogP contribution in [-0.2, 0) is 42.9 Å². The van der Waals surface area contributed by atoms with Crippen molar-refractivity contribution in [2.75, 3.05) is 70.8 Å². The molecular weight excluding hydrogens is 1040 g/mol. The Kier molecular flexibility index (Phi) is 48.1. The summed E-state index contributed by atoms with van der Waals surface area (Å²) >= 11 is 1.12. The number of azo groups is 1. The van der Waals surface area contributed by atoms with Crippen molar-refractivity contribution in [3.63, 3.8) is 0 Å². The first-order chi connectivity index (χ1) is 37.4. The summed E-state index contributed by atoms with van der Waals surface area (Å²) in [4.78, 5) is 54.0. The summed E-state index contributed by atoms with van der Waals surface area (Å²) in [5.74, 6) is -5.74. The molecule has 0 aliphatic heterocycles. The second kappa shape index (κ2) is 50.3. The van der Waals surface area contributed by atoms with Gasteiger partial charge in [-0.2, -0.15) is 5.26 Å². The molecule has 0 radical (unpaired) electrons. The van der Waals surface area contributed by atoms with Gasteiger partial charge >= 0.3 is 71.1 Å². The Morgan fingerprint density at radius 1 is 0.646 bits per heavy atom. The molecule has 0 N–H and O–H groups in total. The topological polar surface area (TPSA) is 217 Å². The van der Waals surface area contributed by atoms with Gasteiger partial charge in [-0.25, -0.2) is 4.85 Å². The van der Waals surface area contributed by atoms with E-state index in [0.717, 1.165) is 61.1 Å². The Hall–Kier alpha value is -3.46. The average molecular weight is 1130 g/mol. The third kappa shape index (κ3) is 36.6. The van der Waals surface area contributed by atoms with Crippen LogP contribution >= 0.6 is 11.3 Å². The normalized spacial score (nSPS) is 12.0. The number of hydrogen-bond donors (Lipinski definition) is 0. The van der Waals surface area contributed by atoms with Gasteiger partial charge in [0.2, 0.25) is 5.00 Å². The number of anilines is 1. The van der Waals surface area contributed by atoms with Crippen LogP contribution < -0.4 is 74.2 Å². The molecule has 79 heavy (non-hydrogen) atoms. The molecule has 0 spiro atoms. The molecule has 0 fully saturated rings. The van der Waals surface area contributed by atoms with Crippen molar-refractivity contribution in [3.8, 4) is 6.07 Å². The van der Waals surface area contributed by atoms with Gasteiger partial charge in [-0.15, -0.1) is 21.6 Å². The maximum atomic E-state index is 12.6. The summed E-state index contributed by atoms with van der Waals surface area (Å²) in [7, 11) is 0. The second-order valence-corrected chi connectivity index (χ2v) is 20.4. The second-order valence-electron chi connectivity index (χ2n) is 19.5. The zero-order valence-corrected chi connectivity index (χ0v) is 53.7. The van der Waals surface area contributed by atoms with E-state index >= 15 is 0 Å². The molecule has 0 saturated heterocycles. The number of carboxylic acids is 2. The van der Waals surface area contributed by atoms with Crippen molar-refractivity contribution >= 4 is 56.6 Å². The van der Waals surface area contributed by atoms with Crippen LogP contribution in [0.15, 0.2) is 52.7 Å². The van der Waals surface area contributed by atoms with Crippen molar-refractivity contribution in [1.29, 1.82) is 5.26 Å². The Morgan fingerprint density at radius 2 is 1.08 bits per heavy atom. The van der Waals surface area contributed by atoms with E-state index in [2.05, 4.69) is 39.9 Å². The van der Waals surface area contributed by atoms with Crippen molar-refractivity contribution in [1.82, 2.24) is 0 Å². The molecule has 2 atom stereocenters. The van der Waals surface area contributed by atoms with E-state index in [1.807, 2.05) is 49.4 Å². The number of aryl methyl sites for hydroxylation is 1. The number of rotatable bonds is 48. The minimum atomic E-state index is -1.28. The van der Waals surface area contributed by atoms with Crippen molar-refractivity contribution in [2.24, 2.45) is 22.1 Å². The SMILES string of the molecule is [C-]#[N+]c1sc(N=Nc2ccc(N(CCOCCOCCOC(=O)CC(C/C=C/CCCCCCCCCCC)C(=O)[O-])CCOCCOC(=O)CC(C/C=C/CCCCCCCCCCC)C(=O)[O-])cc2C)c(C#N)c1C.[Na+].[Na+]. The molecule has 1 heterocycles. The van der Waals surface area contributed by atoms with E-state index in [1.54, 1.807) is 6.92 Å². The molecule has 1 aromatic carbocycles. The standard InChI is InChI=1S/C60H91N5O11S.2Na/c1-6-8-10-12-14-16-18-20-22-24-26-28-30-50(59(68)69)45-55(66)75-42-40-73-37-35-65(52-32-33-54(48(3)44-52)63-64-58-53(47-61)49(4)57(62-5)77-58)34-36-72-38-39-74-41-43-76-56(67)46-51(60(70)71)31-29-27-25-23-21-19-17-15-13-11-9-7-2;;/h26-29,32-33,44,50-51H,6-25,30-31,34-43,45-46H2,1-4H3,(H,68,69)(H,70,71);;/q;2*+1/p-2/b28-26+,29-27+,64-63?;;. The zero-order valence-electron chi connectivity index (χ0n) is 48.9. The Balaban J connectivity index is 0.0000304. The third-order valence-corrected chi connectivity index (χ3v) is 14.2. The van der Waals surface area contributed by atoms with E-state index in [9.17, 15) is 34.7 Å². The number of carboxylic acid groups (broad SMARTS) is 2. The number of ether oxygens (including phenoxy) is 5. The summed E-state index contributed by atoms with van der Waals surface area (Å²) in [6.07, 6.45) is 31.5. The molecule has 0 aliphatic carbocycles. The Bertz CT molecular complexity index is 2160. The third-order valence-electron chi connectivity index (χ3n) is 13.1. The van der Waals surface area contributed by atoms with Gasteiger partial charge in [-0.1, -0.05) is 141 Å².